The third kappa shape index (κ3) is 4.20. The van der Waals surface area contributed by atoms with Crippen molar-refractivity contribution in [3.8, 4) is 5.75 Å². The second kappa shape index (κ2) is 8.99. The van der Waals surface area contributed by atoms with Crippen molar-refractivity contribution in [1.82, 2.24) is 4.90 Å². The van der Waals surface area contributed by atoms with Crippen LogP contribution in [-0.4, -0.2) is 35.3 Å². The van der Waals surface area contributed by atoms with Crippen LogP contribution < -0.4 is 9.64 Å². The van der Waals surface area contributed by atoms with Crippen molar-refractivity contribution in [3.63, 3.8) is 0 Å². The van der Waals surface area contributed by atoms with E-state index in [2.05, 4.69) is 0 Å². The zero-order chi connectivity index (χ0) is 23.5. The number of carbonyl (C=O) groups excluding carboxylic acids is 4. The van der Waals surface area contributed by atoms with E-state index < -0.39 is 41.0 Å². The number of rotatable bonds is 6. The van der Waals surface area contributed by atoms with E-state index in [9.17, 15) is 28.0 Å². The molecule has 1 fully saturated rings. The first-order valence-electron chi connectivity index (χ1n) is 9.86. The van der Waals surface area contributed by atoms with Crippen molar-refractivity contribution >= 4 is 29.4 Å². The number of hydrogen-bond donors (Lipinski definition) is 0. The molecule has 4 rings (SSSR count). The lowest BCUT2D eigenvalue weighted by Crippen LogP contribution is -2.39. The van der Waals surface area contributed by atoms with Crippen LogP contribution >= 0.6 is 0 Å². The largest absolute Gasteiger partial charge is 0.493 e. The Morgan fingerprint density at radius 3 is 2.06 bits per heavy atom. The summed E-state index contributed by atoms with van der Waals surface area (Å²) in [7, 11) is 0. The van der Waals surface area contributed by atoms with Crippen LogP contribution in [0.2, 0.25) is 0 Å². The molecule has 3 aromatic carbocycles. The average Bonchev–Trinajstić information content (AvgIpc) is 3.03. The minimum absolute atomic E-state index is 0.00179. The number of ether oxygens (including phenoxy) is 1. The van der Waals surface area contributed by atoms with Gasteiger partial charge in [0.05, 0.1) is 12.3 Å². The summed E-state index contributed by atoms with van der Waals surface area (Å²) >= 11 is 0. The molecule has 0 aromatic heterocycles. The first-order valence-corrected chi connectivity index (χ1v) is 9.86. The van der Waals surface area contributed by atoms with Gasteiger partial charge < -0.3 is 4.74 Å². The smallest absolute Gasteiger partial charge is 0.346 e. The SMILES string of the molecule is O=C1C(=O)N(c2ccc(OCCc3ccccc3)cc2)C(=O)N1C(=O)c1c(F)cccc1F. The standard InChI is InChI=1S/C24H16F2N2O5/c25-18-7-4-8-19(26)20(18)21(29)28-23(31)22(30)27(24(28)32)16-9-11-17(12-10-16)33-14-13-15-5-2-1-3-6-15/h1-12H,13-14H2. The number of anilines is 1. The van der Waals surface area contributed by atoms with Crippen molar-refractivity contribution in [2.24, 2.45) is 0 Å². The maximum absolute atomic E-state index is 14.0. The molecule has 33 heavy (non-hydrogen) atoms. The van der Waals surface area contributed by atoms with Gasteiger partial charge in [-0.15, -0.1) is 0 Å². The normalized spacial score (nSPS) is 13.6. The molecule has 1 aliphatic heterocycles. The number of hydrogen-bond acceptors (Lipinski definition) is 5. The lowest BCUT2D eigenvalue weighted by molar-refractivity contribution is -0.138. The Labute approximate surface area is 186 Å². The van der Waals surface area contributed by atoms with Gasteiger partial charge in [-0.05, 0) is 42.0 Å². The lowest BCUT2D eigenvalue weighted by Gasteiger charge is -2.15. The second-order valence-corrected chi connectivity index (χ2v) is 7.04. The topological polar surface area (TPSA) is 84.0 Å². The van der Waals surface area contributed by atoms with Crippen molar-refractivity contribution in [1.29, 1.82) is 0 Å². The Morgan fingerprint density at radius 1 is 0.788 bits per heavy atom. The van der Waals surface area contributed by atoms with Gasteiger partial charge in [-0.1, -0.05) is 36.4 Å². The molecule has 166 valence electrons. The highest BCUT2D eigenvalue weighted by atomic mass is 19.1. The Bertz CT molecular complexity index is 1230. The van der Waals surface area contributed by atoms with Gasteiger partial charge in [-0.25, -0.2) is 18.5 Å². The third-order valence-electron chi connectivity index (χ3n) is 4.95. The first kappa shape index (κ1) is 21.8. The van der Waals surface area contributed by atoms with Crippen molar-refractivity contribution in [3.05, 3.63) is 95.6 Å². The summed E-state index contributed by atoms with van der Waals surface area (Å²) in [5.74, 6) is -6.44. The number of nitrogens with zero attached hydrogens (tertiary/aromatic N) is 2. The van der Waals surface area contributed by atoms with E-state index >= 15 is 0 Å². The number of imide groups is 4. The molecular formula is C24H16F2N2O5. The fourth-order valence-electron chi connectivity index (χ4n) is 3.31. The molecule has 0 saturated carbocycles. The van der Waals surface area contributed by atoms with Gasteiger partial charge in [-0.3, -0.25) is 14.4 Å². The molecule has 0 atom stereocenters. The van der Waals surface area contributed by atoms with E-state index in [4.69, 9.17) is 4.74 Å². The highest BCUT2D eigenvalue weighted by Gasteiger charge is 2.49. The van der Waals surface area contributed by atoms with E-state index in [1.165, 1.54) is 24.3 Å². The highest BCUT2D eigenvalue weighted by Crippen LogP contribution is 2.27. The molecule has 0 radical (unpaired) electrons. The van der Waals surface area contributed by atoms with Gasteiger partial charge in [0.1, 0.15) is 22.9 Å². The summed E-state index contributed by atoms with van der Waals surface area (Å²) in [6.07, 6.45) is 0.671. The van der Waals surface area contributed by atoms with E-state index in [-0.39, 0.29) is 10.6 Å². The third-order valence-corrected chi connectivity index (χ3v) is 4.95. The molecule has 7 nitrogen and oxygen atoms in total. The number of amides is 5. The average molecular weight is 450 g/mol. The van der Waals surface area contributed by atoms with Gasteiger partial charge in [0.15, 0.2) is 0 Å². The lowest BCUT2D eigenvalue weighted by atomic mass is 10.1. The van der Waals surface area contributed by atoms with Crippen molar-refractivity contribution in [2.45, 2.75) is 6.42 Å². The minimum atomic E-state index is -1.56. The van der Waals surface area contributed by atoms with Gasteiger partial charge in [-0.2, -0.15) is 4.90 Å². The summed E-state index contributed by atoms with van der Waals surface area (Å²) in [5.41, 5.74) is -0.00832. The Morgan fingerprint density at radius 2 is 1.42 bits per heavy atom. The second-order valence-electron chi connectivity index (χ2n) is 7.04. The summed E-state index contributed by atoms with van der Waals surface area (Å²) in [6, 6.07) is 16.7. The Balaban J connectivity index is 1.49. The highest BCUT2D eigenvalue weighted by molar-refractivity contribution is 6.56. The summed E-state index contributed by atoms with van der Waals surface area (Å²) in [4.78, 5) is 50.3. The number of urea groups is 1. The zero-order valence-electron chi connectivity index (χ0n) is 17.0. The number of benzene rings is 3. The first-order chi connectivity index (χ1) is 15.9. The van der Waals surface area contributed by atoms with Crippen LogP contribution in [0.5, 0.6) is 5.75 Å². The van der Waals surface area contributed by atoms with Crippen LogP contribution in [0.4, 0.5) is 19.3 Å². The van der Waals surface area contributed by atoms with E-state index in [1.54, 1.807) is 0 Å². The molecule has 0 unspecified atom stereocenters. The summed E-state index contributed by atoms with van der Waals surface area (Å²) in [5, 5.41) is 0. The molecule has 0 spiro atoms. The molecule has 0 bridgehead atoms. The molecule has 1 heterocycles. The molecule has 1 saturated heterocycles. The molecular weight excluding hydrogens is 434 g/mol. The molecule has 5 amide bonds. The van der Waals surface area contributed by atoms with E-state index in [0.717, 1.165) is 23.8 Å². The minimum Gasteiger partial charge on any atom is -0.493 e. The van der Waals surface area contributed by atoms with E-state index in [1.807, 2.05) is 30.3 Å². The van der Waals surface area contributed by atoms with Crippen molar-refractivity contribution in [2.75, 3.05) is 11.5 Å². The maximum atomic E-state index is 14.0. The molecule has 9 heteroatoms. The van der Waals surface area contributed by atoms with Gasteiger partial charge in [0.25, 0.3) is 5.91 Å². The zero-order valence-corrected chi connectivity index (χ0v) is 17.0. The summed E-state index contributed by atoms with van der Waals surface area (Å²) in [6.45, 7) is 0.389. The molecule has 0 aliphatic carbocycles. The van der Waals surface area contributed by atoms with Gasteiger partial charge in [0.2, 0.25) is 0 Å². The van der Waals surface area contributed by atoms with Crippen molar-refractivity contribution < 1.29 is 32.7 Å². The number of halogens is 2. The van der Waals surface area contributed by atoms with Gasteiger partial charge >= 0.3 is 17.8 Å². The van der Waals surface area contributed by atoms with Crippen LogP contribution in [0.15, 0.2) is 72.8 Å². The van der Waals surface area contributed by atoms with Crippen LogP contribution in [0.1, 0.15) is 15.9 Å². The number of carbonyl (C=O) groups is 4. The van der Waals surface area contributed by atoms with Crippen LogP contribution in [0.25, 0.3) is 0 Å². The summed E-state index contributed by atoms with van der Waals surface area (Å²) < 4.78 is 33.6. The molecule has 0 N–H and O–H groups in total. The fraction of sp³-hybridized carbons (Fsp3) is 0.0833. The van der Waals surface area contributed by atoms with Crippen LogP contribution in [0.3, 0.4) is 0 Å². The monoisotopic (exact) mass is 450 g/mol. The predicted molar refractivity (Wildman–Crippen MR) is 112 cm³/mol. The van der Waals surface area contributed by atoms with Gasteiger partial charge in [0, 0.05) is 6.42 Å². The fourth-order valence-corrected chi connectivity index (χ4v) is 3.31. The quantitative estimate of drug-likeness (QED) is 0.325. The van der Waals surface area contributed by atoms with Crippen LogP contribution in [0, 0.1) is 11.6 Å². The Hall–Kier alpha value is -4.40. The molecule has 1 aliphatic rings. The van der Waals surface area contributed by atoms with E-state index in [0.29, 0.717) is 23.7 Å². The molecule has 3 aromatic rings. The Kier molecular flexibility index (Phi) is 5.95. The maximum Gasteiger partial charge on any atom is 0.346 e. The van der Waals surface area contributed by atoms with Crippen LogP contribution in [-0.2, 0) is 16.0 Å². The predicted octanol–water partition coefficient (Wildman–Crippen LogP) is 3.72.